The molecule has 3 rings (SSSR count). The highest BCUT2D eigenvalue weighted by atomic mass is 16.5. The summed E-state index contributed by atoms with van der Waals surface area (Å²) < 4.78 is 5.21. The van der Waals surface area contributed by atoms with E-state index in [1.807, 2.05) is 6.92 Å². The Labute approximate surface area is 198 Å². The molecule has 0 saturated heterocycles. The van der Waals surface area contributed by atoms with Gasteiger partial charge in [-0.05, 0) is 83.8 Å². The Kier molecular flexibility index (Phi) is 8.16. The van der Waals surface area contributed by atoms with E-state index in [0.717, 1.165) is 64.3 Å². The van der Waals surface area contributed by atoms with Gasteiger partial charge in [0.1, 0.15) is 0 Å². The van der Waals surface area contributed by atoms with Crippen LogP contribution in [0.5, 0.6) is 0 Å². The molecule has 0 bridgehead atoms. The van der Waals surface area contributed by atoms with Gasteiger partial charge in [0.05, 0.1) is 12.7 Å². The number of ether oxygens (including phenoxy) is 1. The summed E-state index contributed by atoms with van der Waals surface area (Å²) >= 11 is 0. The van der Waals surface area contributed by atoms with Gasteiger partial charge in [-0.2, -0.15) is 0 Å². The average Bonchev–Trinajstić information content (AvgIpc) is 2.82. The summed E-state index contributed by atoms with van der Waals surface area (Å²) in [5.74, 6) is 0.275. The third-order valence-electron chi connectivity index (χ3n) is 5.84. The lowest BCUT2D eigenvalue weighted by molar-refractivity contribution is 0.0601. The maximum absolute atomic E-state index is 12.9. The Morgan fingerprint density at radius 1 is 0.909 bits per heavy atom. The molecule has 0 aromatic heterocycles. The van der Waals surface area contributed by atoms with Gasteiger partial charge in [-0.25, -0.2) is 4.79 Å². The maximum atomic E-state index is 12.9. The minimum Gasteiger partial charge on any atom is -0.465 e. The van der Waals surface area contributed by atoms with Crippen LogP contribution in [-0.4, -0.2) is 26.2 Å². The number of hydrogen-bond acceptors (Lipinski definition) is 4. The van der Waals surface area contributed by atoms with Crippen LogP contribution in [0, 0.1) is 19.8 Å². The van der Waals surface area contributed by atoms with Gasteiger partial charge in [0.2, 0.25) is 0 Å². The fourth-order valence-electron chi connectivity index (χ4n) is 4.06. The third kappa shape index (κ3) is 5.75. The fraction of sp³-hybridized carbons (Fsp3) is 0.345. The number of benzene rings is 3. The maximum Gasteiger partial charge on any atom is 0.338 e. The van der Waals surface area contributed by atoms with Crippen molar-refractivity contribution in [3.63, 3.8) is 0 Å². The number of hydrogen-bond donors (Lipinski definition) is 2. The van der Waals surface area contributed by atoms with Crippen molar-refractivity contribution in [1.82, 2.24) is 0 Å². The molecule has 4 nitrogen and oxygen atoms in total. The van der Waals surface area contributed by atoms with Crippen molar-refractivity contribution >= 4 is 17.3 Å². The second-order valence-electron chi connectivity index (χ2n) is 8.96. The molecule has 0 heterocycles. The molecule has 0 amide bonds. The van der Waals surface area contributed by atoms with Gasteiger partial charge in [-0.3, -0.25) is 0 Å². The highest BCUT2D eigenvalue weighted by molar-refractivity contribution is 6.02. The Bertz CT molecular complexity index is 1080. The van der Waals surface area contributed by atoms with Crippen molar-refractivity contribution < 1.29 is 9.53 Å². The van der Waals surface area contributed by atoms with Crippen molar-refractivity contribution in [2.75, 3.05) is 30.8 Å². The predicted octanol–water partition coefficient (Wildman–Crippen LogP) is 7.31. The van der Waals surface area contributed by atoms with Crippen molar-refractivity contribution in [3.05, 3.63) is 71.3 Å². The number of esters is 1. The van der Waals surface area contributed by atoms with Crippen LogP contribution >= 0.6 is 0 Å². The van der Waals surface area contributed by atoms with Crippen LogP contribution in [0.4, 0.5) is 11.4 Å². The van der Waals surface area contributed by atoms with E-state index in [1.54, 1.807) is 0 Å². The molecule has 4 heteroatoms. The number of nitrogens with one attached hydrogen (secondary N) is 2. The Hall–Kier alpha value is -3.27. The van der Waals surface area contributed by atoms with Gasteiger partial charge in [-0.15, -0.1) is 0 Å². The first kappa shape index (κ1) is 24.4. The second kappa shape index (κ2) is 11.0. The van der Waals surface area contributed by atoms with Crippen LogP contribution < -0.4 is 10.6 Å². The summed E-state index contributed by atoms with van der Waals surface area (Å²) in [6, 6.07) is 18.9. The van der Waals surface area contributed by atoms with E-state index in [2.05, 4.69) is 92.9 Å². The second-order valence-corrected chi connectivity index (χ2v) is 8.96. The number of carbonyl (C=O) groups excluding carboxylic acids is 1. The SMILES string of the molecule is CCCNc1ccc(-c2c(C)cc(-c3ccc(NCC(C)C)cc3)c(C)c2C(=O)OC)cc1. The van der Waals surface area contributed by atoms with E-state index in [9.17, 15) is 4.79 Å². The number of aryl methyl sites for hydroxylation is 1. The molecule has 0 spiro atoms. The molecule has 0 radical (unpaired) electrons. The topological polar surface area (TPSA) is 50.4 Å². The summed E-state index contributed by atoms with van der Waals surface area (Å²) in [5.41, 5.74) is 8.86. The Morgan fingerprint density at radius 3 is 2.03 bits per heavy atom. The van der Waals surface area contributed by atoms with Crippen molar-refractivity contribution in [2.24, 2.45) is 5.92 Å². The summed E-state index contributed by atoms with van der Waals surface area (Å²) in [5, 5.41) is 6.86. The summed E-state index contributed by atoms with van der Waals surface area (Å²) in [6.45, 7) is 12.5. The highest BCUT2D eigenvalue weighted by Crippen LogP contribution is 2.37. The molecule has 174 valence electrons. The van der Waals surface area contributed by atoms with Crippen LogP contribution in [0.3, 0.4) is 0 Å². The zero-order valence-corrected chi connectivity index (χ0v) is 20.7. The standard InChI is InChI=1S/C29H36N2O2/c1-7-16-30-24-14-10-23(11-15-24)27-20(4)17-26(21(5)28(27)29(32)33-6)22-8-12-25(13-9-22)31-18-19(2)3/h8-15,17,19,30-31H,7,16,18H2,1-6H3. The summed E-state index contributed by atoms with van der Waals surface area (Å²) in [7, 11) is 1.44. The van der Waals surface area contributed by atoms with Gasteiger partial charge in [-0.1, -0.05) is 51.1 Å². The molecular formula is C29H36N2O2. The average molecular weight is 445 g/mol. The van der Waals surface area contributed by atoms with Crippen LogP contribution in [0.2, 0.25) is 0 Å². The van der Waals surface area contributed by atoms with Crippen LogP contribution in [0.1, 0.15) is 48.7 Å². The van der Waals surface area contributed by atoms with E-state index >= 15 is 0 Å². The molecule has 0 fully saturated rings. The first-order valence-electron chi connectivity index (χ1n) is 11.8. The smallest absolute Gasteiger partial charge is 0.338 e. The lowest BCUT2D eigenvalue weighted by Gasteiger charge is -2.19. The zero-order chi connectivity index (χ0) is 24.0. The van der Waals surface area contributed by atoms with Crippen LogP contribution in [0.25, 0.3) is 22.3 Å². The molecule has 0 aliphatic rings. The van der Waals surface area contributed by atoms with Gasteiger partial charge in [0.25, 0.3) is 0 Å². The number of rotatable bonds is 9. The minimum absolute atomic E-state index is 0.309. The van der Waals surface area contributed by atoms with E-state index in [-0.39, 0.29) is 5.97 Å². The lowest BCUT2D eigenvalue weighted by atomic mass is 9.86. The molecule has 2 N–H and O–H groups in total. The fourth-order valence-corrected chi connectivity index (χ4v) is 4.06. The zero-order valence-electron chi connectivity index (χ0n) is 20.7. The molecule has 0 saturated carbocycles. The first-order valence-corrected chi connectivity index (χ1v) is 11.8. The van der Waals surface area contributed by atoms with Gasteiger partial charge in [0, 0.05) is 24.5 Å². The quantitative estimate of drug-likeness (QED) is 0.340. The number of carbonyl (C=O) groups is 1. The van der Waals surface area contributed by atoms with Crippen molar-refractivity contribution in [3.8, 4) is 22.3 Å². The van der Waals surface area contributed by atoms with Gasteiger partial charge < -0.3 is 15.4 Å². The molecule has 3 aromatic rings. The molecular weight excluding hydrogens is 408 g/mol. The summed E-state index contributed by atoms with van der Waals surface area (Å²) in [4.78, 5) is 12.9. The first-order chi connectivity index (χ1) is 15.8. The Morgan fingerprint density at radius 2 is 1.48 bits per heavy atom. The monoisotopic (exact) mass is 444 g/mol. The van der Waals surface area contributed by atoms with Crippen molar-refractivity contribution in [1.29, 1.82) is 0 Å². The molecule has 3 aromatic carbocycles. The molecule has 0 aliphatic heterocycles. The van der Waals surface area contributed by atoms with Crippen molar-refractivity contribution in [2.45, 2.75) is 41.0 Å². The van der Waals surface area contributed by atoms with E-state index in [0.29, 0.717) is 11.5 Å². The number of methoxy groups -OCH3 is 1. The molecule has 0 unspecified atom stereocenters. The largest absolute Gasteiger partial charge is 0.465 e. The van der Waals surface area contributed by atoms with Crippen LogP contribution in [-0.2, 0) is 4.74 Å². The van der Waals surface area contributed by atoms with Crippen LogP contribution in [0.15, 0.2) is 54.6 Å². The minimum atomic E-state index is -0.309. The van der Waals surface area contributed by atoms with E-state index in [1.165, 1.54) is 7.11 Å². The normalized spacial score (nSPS) is 10.9. The predicted molar refractivity (Wildman–Crippen MR) is 140 cm³/mol. The summed E-state index contributed by atoms with van der Waals surface area (Å²) in [6.07, 6.45) is 1.07. The van der Waals surface area contributed by atoms with Gasteiger partial charge in [0.15, 0.2) is 0 Å². The van der Waals surface area contributed by atoms with E-state index in [4.69, 9.17) is 4.74 Å². The molecule has 0 atom stereocenters. The number of anilines is 2. The molecule has 33 heavy (non-hydrogen) atoms. The molecule has 0 aliphatic carbocycles. The lowest BCUT2D eigenvalue weighted by Crippen LogP contribution is -2.09. The van der Waals surface area contributed by atoms with E-state index < -0.39 is 0 Å². The Balaban J connectivity index is 2.04. The highest BCUT2D eigenvalue weighted by Gasteiger charge is 2.22. The third-order valence-corrected chi connectivity index (χ3v) is 5.84. The van der Waals surface area contributed by atoms with Gasteiger partial charge >= 0.3 is 5.97 Å².